The summed E-state index contributed by atoms with van der Waals surface area (Å²) >= 11 is 3.64. The highest BCUT2D eigenvalue weighted by Gasteiger charge is 2.21. The van der Waals surface area contributed by atoms with Gasteiger partial charge < -0.3 is 10.2 Å². The molecule has 0 heterocycles. The molecule has 2 saturated carbocycles. The first-order valence-corrected chi connectivity index (χ1v) is 9.24. The second-order valence-electron chi connectivity index (χ2n) is 6.81. The highest BCUT2D eigenvalue weighted by atomic mass is 79.9. The van der Waals surface area contributed by atoms with Crippen molar-refractivity contribution in [2.24, 2.45) is 5.92 Å². The van der Waals surface area contributed by atoms with Gasteiger partial charge in [-0.1, -0.05) is 41.3 Å². The predicted molar refractivity (Wildman–Crippen MR) is 93.8 cm³/mol. The maximum atomic E-state index is 3.65. The third kappa shape index (κ3) is 4.46. The maximum Gasteiger partial charge on any atom is 0.0420 e. The van der Waals surface area contributed by atoms with Gasteiger partial charge in [0.15, 0.2) is 0 Å². The second-order valence-corrected chi connectivity index (χ2v) is 7.73. The van der Waals surface area contributed by atoms with E-state index in [2.05, 4.69) is 51.4 Å². The molecule has 0 atom stereocenters. The van der Waals surface area contributed by atoms with Crippen LogP contribution in [-0.2, 0) is 6.54 Å². The molecule has 2 fully saturated rings. The lowest BCUT2D eigenvalue weighted by atomic mass is 9.89. The summed E-state index contributed by atoms with van der Waals surface area (Å²) < 4.78 is 1.18. The van der Waals surface area contributed by atoms with Crippen molar-refractivity contribution in [1.82, 2.24) is 5.32 Å². The van der Waals surface area contributed by atoms with E-state index in [1.54, 1.807) is 0 Å². The molecule has 21 heavy (non-hydrogen) atoms. The van der Waals surface area contributed by atoms with Gasteiger partial charge in [-0.2, -0.15) is 0 Å². The normalized spacial score (nSPS) is 19.7. The molecule has 2 nitrogen and oxygen atoms in total. The van der Waals surface area contributed by atoms with E-state index in [0.717, 1.165) is 18.5 Å². The molecule has 0 unspecified atom stereocenters. The summed E-state index contributed by atoms with van der Waals surface area (Å²) in [7, 11) is 2.26. The van der Waals surface area contributed by atoms with Gasteiger partial charge in [-0.15, -0.1) is 0 Å². The van der Waals surface area contributed by atoms with E-state index in [0.29, 0.717) is 0 Å². The zero-order chi connectivity index (χ0) is 14.7. The Balaban J connectivity index is 1.66. The molecule has 2 aliphatic carbocycles. The molecule has 1 aromatic carbocycles. The standard InChI is InChI=1S/C18H27BrN2/c1-21(13-14-5-3-2-4-6-14)18-11-16(19)8-7-15(18)12-20-17-9-10-17/h7-8,11,14,17,20H,2-6,9-10,12-13H2,1H3. The summed E-state index contributed by atoms with van der Waals surface area (Å²) in [4.78, 5) is 2.48. The average molecular weight is 351 g/mol. The van der Waals surface area contributed by atoms with Crippen LogP contribution in [0, 0.1) is 5.92 Å². The molecule has 116 valence electrons. The number of rotatable bonds is 6. The van der Waals surface area contributed by atoms with Crippen LogP contribution in [0.15, 0.2) is 22.7 Å². The van der Waals surface area contributed by atoms with Crippen molar-refractivity contribution in [3.05, 3.63) is 28.2 Å². The molecule has 1 N–H and O–H groups in total. The van der Waals surface area contributed by atoms with Crippen LogP contribution in [-0.4, -0.2) is 19.6 Å². The molecule has 0 bridgehead atoms. The Hall–Kier alpha value is -0.540. The van der Waals surface area contributed by atoms with Crippen molar-refractivity contribution in [3.8, 4) is 0 Å². The summed E-state index contributed by atoms with van der Waals surface area (Å²) in [6.07, 6.45) is 9.81. The van der Waals surface area contributed by atoms with E-state index in [9.17, 15) is 0 Å². The minimum absolute atomic E-state index is 0.769. The van der Waals surface area contributed by atoms with Gasteiger partial charge in [-0.3, -0.25) is 0 Å². The van der Waals surface area contributed by atoms with Gasteiger partial charge in [-0.25, -0.2) is 0 Å². The van der Waals surface area contributed by atoms with Crippen molar-refractivity contribution in [1.29, 1.82) is 0 Å². The van der Waals surface area contributed by atoms with Gasteiger partial charge >= 0.3 is 0 Å². The van der Waals surface area contributed by atoms with Crippen LogP contribution in [0.3, 0.4) is 0 Å². The molecule has 3 heteroatoms. The Morgan fingerprint density at radius 3 is 2.62 bits per heavy atom. The number of halogens is 1. The van der Waals surface area contributed by atoms with Crippen LogP contribution in [0.1, 0.15) is 50.5 Å². The SMILES string of the molecule is CN(CC1CCCCC1)c1cc(Br)ccc1CNC1CC1. The maximum absolute atomic E-state index is 3.65. The molecule has 0 amide bonds. The van der Waals surface area contributed by atoms with Crippen molar-refractivity contribution >= 4 is 21.6 Å². The fourth-order valence-electron chi connectivity index (χ4n) is 3.44. The van der Waals surface area contributed by atoms with Gasteiger partial charge in [0.05, 0.1) is 0 Å². The van der Waals surface area contributed by atoms with Crippen molar-refractivity contribution in [3.63, 3.8) is 0 Å². The van der Waals surface area contributed by atoms with Crippen molar-refractivity contribution in [2.45, 2.75) is 57.5 Å². The summed E-state index contributed by atoms with van der Waals surface area (Å²) in [5.74, 6) is 0.881. The molecule has 0 spiro atoms. The molecule has 0 radical (unpaired) electrons. The molecule has 0 aromatic heterocycles. The van der Waals surface area contributed by atoms with E-state index in [1.165, 1.54) is 67.2 Å². The first-order chi connectivity index (χ1) is 10.2. The number of benzene rings is 1. The van der Waals surface area contributed by atoms with E-state index < -0.39 is 0 Å². The van der Waals surface area contributed by atoms with Gasteiger partial charge in [0.25, 0.3) is 0 Å². The van der Waals surface area contributed by atoms with E-state index in [-0.39, 0.29) is 0 Å². The number of anilines is 1. The first-order valence-electron chi connectivity index (χ1n) is 8.45. The Kier molecular flexibility index (Phi) is 5.23. The van der Waals surface area contributed by atoms with Crippen LogP contribution in [0.25, 0.3) is 0 Å². The summed E-state index contributed by atoms with van der Waals surface area (Å²) in [5.41, 5.74) is 2.83. The summed E-state index contributed by atoms with van der Waals surface area (Å²) in [5, 5.41) is 3.65. The molecule has 0 aliphatic heterocycles. The van der Waals surface area contributed by atoms with Gasteiger partial charge in [0.1, 0.15) is 0 Å². The van der Waals surface area contributed by atoms with Crippen molar-refractivity contribution in [2.75, 3.05) is 18.5 Å². The smallest absolute Gasteiger partial charge is 0.0420 e. The number of hydrogen-bond acceptors (Lipinski definition) is 2. The first kappa shape index (κ1) is 15.4. The molecule has 1 aromatic rings. The molecular formula is C18H27BrN2. The van der Waals surface area contributed by atoms with Gasteiger partial charge in [0, 0.05) is 36.3 Å². The molecule has 2 aliphatic rings. The van der Waals surface area contributed by atoms with Crippen molar-refractivity contribution < 1.29 is 0 Å². The molecular weight excluding hydrogens is 324 g/mol. The lowest BCUT2D eigenvalue weighted by Gasteiger charge is -2.30. The lowest BCUT2D eigenvalue weighted by Crippen LogP contribution is -2.28. The fraction of sp³-hybridized carbons (Fsp3) is 0.667. The number of hydrogen-bond donors (Lipinski definition) is 1. The zero-order valence-electron chi connectivity index (χ0n) is 13.1. The third-order valence-corrected chi connectivity index (χ3v) is 5.37. The van der Waals surface area contributed by atoms with E-state index in [1.807, 2.05) is 0 Å². The molecule has 0 saturated heterocycles. The van der Waals surface area contributed by atoms with Crippen LogP contribution in [0.2, 0.25) is 0 Å². The highest BCUT2D eigenvalue weighted by Crippen LogP contribution is 2.29. The van der Waals surface area contributed by atoms with Gasteiger partial charge in [-0.05, 0) is 49.3 Å². The topological polar surface area (TPSA) is 15.3 Å². The average Bonchev–Trinajstić information content (AvgIpc) is 3.31. The van der Waals surface area contributed by atoms with Crippen LogP contribution >= 0.6 is 15.9 Å². The summed E-state index contributed by atoms with van der Waals surface area (Å²) in [6.45, 7) is 2.20. The van der Waals surface area contributed by atoms with Crippen LogP contribution < -0.4 is 10.2 Å². The van der Waals surface area contributed by atoms with Gasteiger partial charge in [0.2, 0.25) is 0 Å². The number of nitrogens with zero attached hydrogens (tertiary/aromatic N) is 1. The Morgan fingerprint density at radius 2 is 1.90 bits per heavy atom. The monoisotopic (exact) mass is 350 g/mol. The Bertz CT molecular complexity index is 464. The summed E-state index contributed by atoms with van der Waals surface area (Å²) in [6, 6.07) is 7.49. The number of nitrogens with one attached hydrogen (secondary N) is 1. The highest BCUT2D eigenvalue weighted by molar-refractivity contribution is 9.10. The zero-order valence-corrected chi connectivity index (χ0v) is 14.7. The van der Waals surface area contributed by atoms with E-state index in [4.69, 9.17) is 0 Å². The molecule has 3 rings (SSSR count). The third-order valence-electron chi connectivity index (χ3n) is 4.87. The van der Waals surface area contributed by atoms with Crippen LogP contribution in [0.4, 0.5) is 5.69 Å². The second kappa shape index (κ2) is 7.15. The minimum Gasteiger partial charge on any atom is -0.374 e. The Labute approximate surface area is 137 Å². The predicted octanol–water partition coefficient (Wildman–Crippen LogP) is 4.72. The fourth-order valence-corrected chi connectivity index (χ4v) is 3.79. The quantitative estimate of drug-likeness (QED) is 0.798. The largest absolute Gasteiger partial charge is 0.374 e. The van der Waals surface area contributed by atoms with Crippen LogP contribution in [0.5, 0.6) is 0 Å². The lowest BCUT2D eigenvalue weighted by molar-refractivity contribution is 0.362. The van der Waals surface area contributed by atoms with E-state index >= 15 is 0 Å². The minimum atomic E-state index is 0.769. The Morgan fingerprint density at radius 1 is 1.14 bits per heavy atom.